The first-order valence-corrected chi connectivity index (χ1v) is 10.6. The lowest BCUT2D eigenvalue weighted by atomic mass is 9.92. The first-order chi connectivity index (χ1) is 15.6. The van der Waals surface area contributed by atoms with Gasteiger partial charge in [-0.1, -0.05) is 0 Å². The molecule has 0 aromatic heterocycles. The maximum Gasteiger partial charge on any atom is 0.312 e. The van der Waals surface area contributed by atoms with E-state index < -0.39 is 16.2 Å². The van der Waals surface area contributed by atoms with Gasteiger partial charge in [-0.15, -0.1) is 0 Å². The SMILES string of the molecule is COC(=O)C(C)(C)CN1CCN(c2ccc(Nc3cc(OC)c(F)cc3[N+](=O)[O-])cc2)CC1. The number of halogens is 1. The fourth-order valence-corrected chi connectivity index (χ4v) is 3.93. The second-order valence-electron chi connectivity index (χ2n) is 8.57. The molecule has 0 spiro atoms. The van der Waals surface area contributed by atoms with E-state index in [1.165, 1.54) is 20.3 Å². The molecule has 33 heavy (non-hydrogen) atoms. The van der Waals surface area contributed by atoms with E-state index in [4.69, 9.17) is 9.47 Å². The Morgan fingerprint density at radius 2 is 1.79 bits per heavy atom. The summed E-state index contributed by atoms with van der Waals surface area (Å²) >= 11 is 0. The molecule has 0 atom stereocenters. The lowest BCUT2D eigenvalue weighted by Gasteiger charge is -2.39. The van der Waals surface area contributed by atoms with Gasteiger partial charge in [0, 0.05) is 50.2 Å². The van der Waals surface area contributed by atoms with E-state index in [1.54, 1.807) is 0 Å². The van der Waals surface area contributed by atoms with Crippen molar-refractivity contribution in [1.82, 2.24) is 4.90 Å². The van der Waals surface area contributed by atoms with Gasteiger partial charge in [-0.05, 0) is 38.1 Å². The van der Waals surface area contributed by atoms with Crippen molar-refractivity contribution in [2.45, 2.75) is 13.8 Å². The van der Waals surface area contributed by atoms with Crippen LogP contribution in [0.5, 0.6) is 5.75 Å². The number of methoxy groups -OCH3 is 2. The molecule has 1 fully saturated rings. The minimum absolute atomic E-state index is 0.0760. The number of esters is 1. The summed E-state index contributed by atoms with van der Waals surface area (Å²) in [6.07, 6.45) is 0. The van der Waals surface area contributed by atoms with E-state index in [2.05, 4.69) is 15.1 Å². The summed E-state index contributed by atoms with van der Waals surface area (Å²) in [6, 6.07) is 9.63. The van der Waals surface area contributed by atoms with E-state index in [9.17, 15) is 19.3 Å². The maximum atomic E-state index is 13.9. The highest BCUT2D eigenvalue weighted by molar-refractivity contribution is 5.76. The summed E-state index contributed by atoms with van der Waals surface area (Å²) in [5.41, 5.74) is 0.874. The number of piperazine rings is 1. The number of nitrogens with zero attached hydrogens (tertiary/aromatic N) is 3. The van der Waals surface area contributed by atoms with Crippen LogP contribution in [0.2, 0.25) is 0 Å². The van der Waals surface area contributed by atoms with Gasteiger partial charge in [0.2, 0.25) is 0 Å². The molecular formula is C23H29FN4O5. The van der Waals surface area contributed by atoms with Crippen LogP contribution in [0.1, 0.15) is 13.8 Å². The summed E-state index contributed by atoms with van der Waals surface area (Å²) in [5, 5.41) is 14.3. The molecule has 178 valence electrons. The van der Waals surface area contributed by atoms with Crippen LogP contribution in [0.4, 0.5) is 27.1 Å². The maximum absolute atomic E-state index is 13.9. The highest BCUT2D eigenvalue weighted by Crippen LogP contribution is 2.34. The van der Waals surface area contributed by atoms with Crippen LogP contribution in [-0.2, 0) is 9.53 Å². The zero-order valence-corrected chi connectivity index (χ0v) is 19.3. The van der Waals surface area contributed by atoms with Crippen molar-refractivity contribution >= 4 is 28.7 Å². The highest BCUT2D eigenvalue weighted by Gasteiger charge is 2.32. The number of benzene rings is 2. The monoisotopic (exact) mass is 460 g/mol. The third-order valence-electron chi connectivity index (χ3n) is 5.71. The van der Waals surface area contributed by atoms with E-state index in [0.29, 0.717) is 12.2 Å². The van der Waals surface area contributed by atoms with Gasteiger partial charge in [0.15, 0.2) is 11.6 Å². The van der Waals surface area contributed by atoms with Crippen LogP contribution in [-0.4, -0.2) is 62.7 Å². The minimum atomic E-state index is -0.792. The molecule has 2 aromatic rings. The molecule has 0 saturated carbocycles. The average molecular weight is 461 g/mol. The number of nitro benzene ring substituents is 1. The molecule has 1 heterocycles. The molecule has 0 aliphatic carbocycles. The van der Waals surface area contributed by atoms with Gasteiger partial charge in [0.25, 0.3) is 5.69 Å². The number of nitro groups is 1. The summed E-state index contributed by atoms with van der Waals surface area (Å²) in [5.74, 6) is -1.08. The number of hydrogen-bond acceptors (Lipinski definition) is 8. The third kappa shape index (κ3) is 5.70. The van der Waals surface area contributed by atoms with E-state index in [0.717, 1.165) is 37.9 Å². The zero-order valence-electron chi connectivity index (χ0n) is 19.3. The number of carbonyl (C=O) groups excluding carboxylic acids is 1. The molecule has 1 aliphatic rings. The van der Waals surface area contributed by atoms with Crippen LogP contribution in [0.25, 0.3) is 0 Å². The smallest absolute Gasteiger partial charge is 0.312 e. The molecule has 2 aromatic carbocycles. The minimum Gasteiger partial charge on any atom is -0.494 e. The Morgan fingerprint density at radius 1 is 1.15 bits per heavy atom. The molecule has 1 aliphatic heterocycles. The largest absolute Gasteiger partial charge is 0.494 e. The fourth-order valence-electron chi connectivity index (χ4n) is 3.93. The van der Waals surface area contributed by atoms with E-state index in [1.807, 2.05) is 38.1 Å². The Labute approximate surface area is 192 Å². The van der Waals surface area contributed by atoms with E-state index in [-0.39, 0.29) is 23.1 Å². The molecule has 1 N–H and O–H groups in total. The Bertz CT molecular complexity index is 1000. The van der Waals surface area contributed by atoms with Crippen LogP contribution in [0.3, 0.4) is 0 Å². The van der Waals surface area contributed by atoms with Crippen LogP contribution < -0.4 is 15.0 Å². The Kier molecular flexibility index (Phi) is 7.37. The van der Waals surface area contributed by atoms with Crippen molar-refractivity contribution in [2.24, 2.45) is 5.41 Å². The van der Waals surface area contributed by atoms with Crippen molar-refractivity contribution < 1.29 is 23.6 Å². The predicted octanol–water partition coefficient (Wildman–Crippen LogP) is 3.81. The van der Waals surface area contributed by atoms with E-state index >= 15 is 0 Å². The molecule has 3 rings (SSSR count). The van der Waals surface area contributed by atoms with Gasteiger partial charge in [0.1, 0.15) is 5.69 Å². The molecular weight excluding hydrogens is 431 g/mol. The Balaban J connectivity index is 1.64. The van der Waals surface area contributed by atoms with Gasteiger partial charge in [-0.3, -0.25) is 19.8 Å². The average Bonchev–Trinajstić information content (AvgIpc) is 2.80. The quantitative estimate of drug-likeness (QED) is 0.361. The summed E-state index contributed by atoms with van der Waals surface area (Å²) in [6.45, 7) is 7.67. The lowest BCUT2D eigenvalue weighted by Crippen LogP contribution is -2.50. The topological polar surface area (TPSA) is 97.2 Å². The number of hydrogen-bond donors (Lipinski definition) is 1. The first-order valence-electron chi connectivity index (χ1n) is 10.6. The summed E-state index contributed by atoms with van der Waals surface area (Å²) in [4.78, 5) is 27.1. The number of carbonyl (C=O) groups is 1. The zero-order chi connectivity index (χ0) is 24.2. The second kappa shape index (κ2) is 10.0. The molecule has 0 bridgehead atoms. The predicted molar refractivity (Wildman–Crippen MR) is 124 cm³/mol. The molecule has 0 unspecified atom stereocenters. The molecule has 9 nitrogen and oxygen atoms in total. The second-order valence-corrected chi connectivity index (χ2v) is 8.57. The van der Waals surface area contributed by atoms with Gasteiger partial charge >= 0.3 is 5.97 Å². The first kappa shape index (κ1) is 24.2. The number of rotatable bonds is 8. The van der Waals surface area contributed by atoms with Crippen LogP contribution in [0.15, 0.2) is 36.4 Å². The summed E-state index contributed by atoms with van der Waals surface area (Å²) in [7, 11) is 2.71. The number of ether oxygens (including phenoxy) is 2. The Hall–Kier alpha value is -3.40. The van der Waals surface area contributed by atoms with Crippen molar-refractivity contribution in [1.29, 1.82) is 0 Å². The Morgan fingerprint density at radius 3 is 2.33 bits per heavy atom. The number of anilines is 3. The van der Waals surface area contributed by atoms with Crippen molar-refractivity contribution in [3.63, 3.8) is 0 Å². The summed E-state index contributed by atoms with van der Waals surface area (Å²) < 4.78 is 23.7. The molecule has 0 radical (unpaired) electrons. The standard InChI is InChI=1S/C23H29FN4O5/c1-23(2,22(29)33-4)15-26-9-11-27(12-10-26)17-7-5-16(6-8-17)25-19-14-21(32-3)18(24)13-20(19)28(30)31/h5-8,13-14,25H,9-12,15H2,1-4H3. The van der Waals surface area contributed by atoms with Gasteiger partial charge in [-0.25, -0.2) is 4.39 Å². The fraction of sp³-hybridized carbons (Fsp3) is 0.435. The van der Waals surface area contributed by atoms with Gasteiger partial charge in [-0.2, -0.15) is 0 Å². The van der Waals surface area contributed by atoms with Crippen LogP contribution in [0, 0.1) is 21.3 Å². The van der Waals surface area contributed by atoms with Crippen molar-refractivity contribution in [3.8, 4) is 5.75 Å². The lowest BCUT2D eigenvalue weighted by molar-refractivity contribution is -0.384. The van der Waals surface area contributed by atoms with Crippen molar-refractivity contribution in [2.75, 3.05) is 57.2 Å². The van der Waals surface area contributed by atoms with Gasteiger partial charge < -0.3 is 19.7 Å². The molecule has 0 amide bonds. The molecule has 10 heteroatoms. The van der Waals surface area contributed by atoms with Crippen molar-refractivity contribution in [3.05, 3.63) is 52.3 Å². The normalized spacial score (nSPS) is 14.6. The highest BCUT2D eigenvalue weighted by atomic mass is 19.1. The number of nitrogens with one attached hydrogen (secondary N) is 1. The third-order valence-corrected chi connectivity index (χ3v) is 5.71. The molecule has 1 saturated heterocycles. The van der Waals surface area contributed by atoms with Crippen LogP contribution >= 0.6 is 0 Å². The van der Waals surface area contributed by atoms with Gasteiger partial charge in [0.05, 0.1) is 30.6 Å².